The maximum atomic E-state index is 14.5. The van der Waals surface area contributed by atoms with Crippen molar-refractivity contribution in [3.8, 4) is 11.5 Å². The summed E-state index contributed by atoms with van der Waals surface area (Å²) in [4.78, 5) is 2.48. The van der Waals surface area contributed by atoms with Gasteiger partial charge in [0.15, 0.2) is 6.29 Å². The summed E-state index contributed by atoms with van der Waals surface area (Å²) in [5, 5.41) is 43.9. The molecule has 9 rings (SSSR count). The number of aliphatic hydroxyl groups excluding tert-OH is 4. The molecule has 6 aliphatic rings. The van der Waals surface area contributed by atoms with Crippen LogP contribution < -0.4 is 29.5 Å². The Hall–Kier alpha value is -3.36. The molecule has 6 heterocycles. The number of ether oxygens (including phenoxy) is 2. The molecule has 5 atom stereocenters. The van der Waals surface area contributed by atoms with E-state index in [9.17, 15) is 28.8 Å². The molecule has 0 saturated carbocycles. The molecule has 0 spiro atoms. The fourth-order valence-electron chi connectivity index (χ4n) is 9.33. The summed E-state index contributed by atoms with van der Waals surface area (Å²) in [6.07, 6.45) is 1.39. The Morgan fingerprint density at radius 3 is 2.42 bits per heavy atom. The summed E-state index contributed by atoms with van der Waals surface area (Å²) in [5.41, 5.74) is 9.06. The van der Waals surface area contributed by atoms with Crippen molar-refractivity contribution in [1.29, 1.82) is 0 Å². The van der Waals surface area contributed by atoms with E-state index in [-0.39, 0.29) is 4.90 Å². The molecule has 0 radical (unpaired) electrons. The quantitative estimate of drug-likeness (QED) is 0.188. The van der Waals surface area contributed by atoms with Crippen molar-refractivity contribution in [3.05, 3.63) is 79.9 Å². The Balaban J connectivity index is 1.30. The average molecular weight is 703 g/mol. The standard InChI is InChI=1S/C38H44N3O8S/c1-20-10-11-23(29(16-20)50(46,47)39-31-35(44)34(43)28(19-42)48-38(31)45)30-26-17-21-6-2-12-40-14-4-8-24(32(21)40)36(26)49-37-25-9-5-15-41-13-3-7-22(33(25)41)18-27(30)37/h10-11,16-18,28,31,34-35,38-39,42-45H,2-9,12-15,19H2,1H3/q+1/t28?,31?,34-,35-,38?/m0/s1. The van der Waals surface area contributed by atoms with Gasteiger partial charge in [-0.15, -0.1) is 0 Å². The summed E-state index contributed by atoms with van der Waals surface area (Å²) in [7, 11) is -4.44. The second-order valence-electron chi connectivity index (χ2n) is 14.7. The van der Waals surface area contributed by atoms with Crippen LogP contribution in [0.25, 0.3) is 5.57 Å². The van der Waals surface area contributed by atoms with Crippen LogP contribution in [0.5, 0.6) is 11.5 Å². The minimum atomic E-state index is -4.44. The van der Waals surface area contributed by atoms with E-state index in [0.29, 0.717) is 5.56 Å². The van der Waals surface area contributed by atoms with E-state index < -0.39 is 47.3 Å². The summed E-state index contributed by atoms with van der Waals surface area (Å²) < 4.78 is 46.4. The molecule has 264 valence electrons. The number of hydrogen-bond donors (Lipinski definition) is 5. The molecule has 12 heteroatoms. The minimum absolute atomic E-state index is 0.00884. The SMILES string of the molecule is Cc1ccc(C2=c3cc4c5c(c3Oc3c2cc2c6c3CCCN6CCC2)CCC[N+]=5CCC4)c(S(=O)(=O)NC2C(O)OC(CO)[C@H](O)[C@H]2O)c1. The summed E-state index contributed by atoms with van der Waals surface area (Å²) in [6, 6.07) is 8.25. The Labute approximate surface area is 291 Å². The molecule has 5 N–H and O–H groups in total. The van der Waals surface area contributed by atoms with Gasteiger partial charge in [0.2, 0.25) is 15.4 Å². The predicted molar refractivity (Wildman–Crippen MR) is 186 cm³/mol. The zero-order chi connectivity index (χ0) is 34.5. The zero-order valence-corrected chi connectivity index (χ0v) is 29.0. The smallest absolute Gasteiger partial charge is 0.241 e. The van der Waals surface area contributed by atoms with Crippen LogP contribution in [-0.4, -0.2) is 92.3 Å². The van der Waals surface area contributed by atoms with Gasteiger partial charge in [-0.05, 0) is 74.8 Å². The Morgan fingerprint density at radius 1 is 0.880 bits per heavy atom. The van der Waals surface area contributed by atoms with E-state index in [1.807, 2.05) is 19.1 Å². The van der Waals surface area contributed by atoms with E-state index in [1.165, 1.54) is 33.3 Å². The molecule has 0 aliphatic carbocycles. The fraction of sp³-hybridized carbons (Fsp3) is 0.500. The molecule has 1 fully saturated rings. The highest BCUT2D eigenvalue weighted by Crippen LogP contribution is 2.49. The lowest BCUT2D eigenvalue weighted by Gasteiger charge is -2.40. The largest absolute Gasteiger partial charge is 0.455 e. The van der Waals surface area contributed by atoms with Gasteiger partial charge in [0, 0.05) is 64.7 Å². The molecule has 0 aromatic heterocycles. The molecule has 3 aromatic carbocycles. The van der Waals surface area contributed by atoms with Gasteiger partial charge in [-0.25, -0.2) is 17.7 Å². The Morgan fingerprint density at radius 2 is 1.62 bits per heavy atom. The topological polar surface area (TPSA) is 152 Å². The van der Waals surface area contributed by atoms with Crippen molar-refractivity contribution in [2.45, 2.75) is 93.8 Å². The number of aryl methyl sites for hydroxylation is 3. The summed E-state index contributed by atoms with van der Waals surface area (Å²) >= 11 is 0. The fourth-order valence-corrected chi connectivity index (χ4v) is 10.9. The van der Waals surface area contributed by atoms with Gasteiger partial charge < -0.3 is 34.8 Å². The van der Waals surface area contributed by atoms with E-state index >= 15 is 0 Å². The molecular weight excluding hydrogens is 658 g/mol. The van der Waals surface area contributed by atoms with Gasteiger partial charge in [0.25, 0.3) is 0 Å². The second-order valence-corrected chi connectivity index (χ2v) is 16.4. The average Bonchev–Trinajstić information content (AvgIpc) is 3.12. The predicted octanol–water partition coefficient (Wildman–Crippen LogP) is 0.509. The third-order valence-electron chi connectivity index (χ3n) is 11.6. The first kappa shape index (κ1) is 32.5. The van der Waals surface area contributed by atoms with Crippen LogP contribution in [0, 0.1) is 6.92 Å². The van der Waals surface area contributed by atoms with Crippen LogP contribution in [0.4, 0.5) is 5.69 Å². The lowest BCUT2D eigenvalue weighted by Crippen LogP contribution is -2.64. The number of aliphatic hydroxyl groups is 4. The van der Waals surface area contributed by atoms with E-state index in [1.54, 1.807) is 6.07 Å². The Bertz CT molecular complexity index is 2160. The molecule has 0 amide bonds. The summed E-state index contributed by atoms with van der Waals surface area (Å²) in [5.74, 6) is 1.62. The lowest BCUT2D eigenvalue weighted by molar-refractivity contribution is -0.251. The van der Waals surface area contributed by atoms with Gasteiger partial charge >= 0.3 is 0 Å². The van der Waals surface area contributed by atoms with E-state index in [4.69, 9.17) is 9.47 Å². The maximum absolute atomic E-state index is 14.5. The minimum Gasteiger partial charge on any atom is -0.455 e. The lowest BCUT2D eigenvalue weighted by atomic mass is 9.82. The molecule has 0 bridgehead atoms. The van der Waals surface area contributed by atoms with Gasteiger partial charge in [0.1, 0.15) is 48.9 Å². The maximum Gasteiger partial charge on any atom is 0.241 e. The number of nitrogens with zero attached hydrogens (tertiary/aromatic N) is 2. The van der Waals surface area contributed by atoms with Gasteiger partial charge in [0.05, 0.1) is 17.1 Å². The van der Waals surface area contributed by atoms with Crippen LogP contribution >= 0.6 is 0 Å². The molecule has 11 nitrogen and oxygen atoms in total. The van der Waals surface area contributed by atoms with Crippen molar-refractivity contribution < 1.29 is 38.3 Å². The van der Waals surface area contributed by atoms with Crippen LogP contribution in [0.2, 0.25) is 0 Å². The first-order valence-corrected chi connectivity index (χ1v) is 19.5. The van der Waals surface area contributed by atoms with Gasteiger partial charge in [-0.3, -0.25) is 0 Å². The van der Waals surface area contributed by atoms with E-state index in [0.717, 1.165) is 111 Å². The van der Waals surface area contributed by atoms with Crippen molar-refractivity contribution in [3.63, 3.8) is 0 Å². The number of rotatable bonds is 5. The highest BCUT2D eigenvalue weighted by molar-refractivity contribution is 7.89. The third-order valence-corrected chi connectivity index (χ3v) is 13.1. The van der Waals surface area contributed by atoms with Crippen molar-refractivity contribution in [2.75, 3.05) is 37.7 Å². The first-order valence-electron chi connectivity index (χ1n) is 18.0. The molecule has 3 unspecified atom stereocenters. The number of benzene rings is 3. The van der Waals surface area contributed by atoms with Crippen molar-refractivity contribution >= 4 is 21.3 Å². The number of nitrogens with one attached hydrogen (secondary N) is 1. The van der Waals surface area contributed by atoms with E-state index in [2.05, 4.69) is 26.3 Å². The molecule has 50 heavy (non-hydrogen) atoms. The molecule has 6 aliphatic heterocycles. The number of hydrogen-bond acceptors (Lipinski definition) is 9. The van der Waals surface area contributed by atoms with Crippen LogP contribution in [-0.2, 0) is 40.4 Å². The molecule has 1 saturated heterocycles. The normalized spacial score (nSPS) is 26.8. The highest BCUT2D eigenvalue weighted by Gasteiger charge is 2.46. The first-order chi connectivity index (χ1) is 24.1. The summed E-state index contributed by atoms with van der Waals surface area (Å²) in [6.45, 7) is 5.24. The van der Waals surface area contributed by atoms with Crippen LogP contribution in [0.1, 0.15) is 64.6 Å². The van der Waals surface area contributed by atoms with Crippen LogP contribution in [0.3, 0.4) is 0 Å². The Kier molecular flexibility index (Phi) is 7.89. The molecule has 3 aromatic rings. The monoisotopic (exact) mass is 702 g/mol. The number of anilines is 1. The van der Waals surface area contributed by atoms with Gasteiger partial charge in [-0.1, -0.05) is 12.1 Å². The third kappa shape index (κ3) is 4.98. The van der Waals surface area contributed by atoms with Crippen LogP contribution in [0.15, 0.2) is 35.2 Å². The van der Waals surface area contributed by atoms with Crippen molar-refractivity contribution in [1.82, 2.24) is 9.30 Å². The zero-order valence-electron chi connectivity index (χ0n) is 28.2. The highest BCUT2D eigenvalue weighted by atomic mass is 32.2. The second kappa shape index (κ2) is 12.1. The van der Waals surface area contributed by atoms with Gasteiger partial charge in [-0.2, -0.15) is 0 Å². The number of sulfonamides is 1. The number of fused-ring (bicyclic) bond motifs is 4. The van der Waals surface area contributed by atoms with Crippen molar-refractivity contribution in [2.24, 2.45) is 0 Å². The molecular formula is C38H44N3O8S+.